The molecule has 34 heavy (non-hydrogen) atoms. The second-order valence-electron chi connectivity index (χ2n) is 8.82. The largest absolute Gasteiger partial charge is 0.480 e. The van der Waals surface area contributed by atoms with Crippen LogP contribution >= 0.6 is 0 Å². The van der Waals surface area contributed by atoms with Crippen LogP contribution in [0.2, 0.25) is 0 Å². The minimum absolute atomic E-state index is 0.222. The van der Waals surface area contributed by atoms with Gasteiger partial charge in [0.1, 0.15) is 12.6 Å². The molecule has 2 N–H and O–H groups in total. The molecule has 0 aliphatic heterocycles. The fourth-order valence-corrected chi connectivity index (χ4v) is 4.44. The number of hydrogen-bond donors (Lipinski definition) is 2. The van der Waals surface area contributed by atoms with Crippen LogP contribution in [0.1, 0.15) is 43.4 Å². The highest BCUT2D eigenvalue weighted by molar-refractivity contribution is 5.86. The van der Waals surface area contributed by atoms with E-state index in [1.165, 1.54) is 4.90 Å². The molecule has 0 spiro atoms. The third-order valence-corrected chi connectivity index (χ3v) is 6.18. The van der Waals surface area contributed by atoms with E-state index in [1.807, 2.05) is 61.5 Å². The maximum atomic E-state index is 13.4. The van der Waals surface area contributed by atoms with Gasteiger partial charge in [0.15, 0.2) is 0 Å². The molecule has 1 aliphatic carbocycles. The number of esters is 1. The lowest BCUT2D eigenvalue weighted by molar-refractivity contribution is -0.149. The Balaban J connectivity index is 1.70. The van der Waals surface area contributed by atoms with Gasteiger partial charge in [0.2, 0.25) is 5.91 Å². The number of carbonyl (C=O) groups is 3. The number of aliphatic carboxylic acids is 1. The molecule has 3 rings (SSSR count). The monoisotopic (exact) mass is 466 g/mol. The number of carbonyl (C=O) groups excluding carboxylic acids is 2. The van der Waals surface area contributed by atoms with Crippen molar-refractivity contribution in [3.63, 3.8) is 0 Å². The number of carboxylic acid groups (broad SMARTS) is 1. The average molecular weight is 467 g/mol. The van der Waals surface area contributed by atoms with Gasteiger partial charge in [-0.15, -0.1) is 0 Å². The van der Waals surface area contributed by atoms with Crippen LogP contribution in [-0.2, 0) is 38.4 Å². The molecule has 0 aromatic heterocycles. The highest BCUT2D eigenvalue weighted by atomic mass is 16.5. The van der Waals surface area contributed by atoms with Crippen LogP contribution in [0, 0.1) is 0 Å². The molecular weight excluding hydrogens is 432 g/mol. The molecule has 0 saturated heterocycles. The van der Waals surface area contributed by atoms with Crippen molar-refractivity contribution in [2.24, 2.45) is 0 Å². The number of benzene rings is 2. The number of ether oxygens (including phenoxy) is 1. The molecule has 0 fully saturated rings. The van der Waals surface area contributed by atoms with Gasteiger partial charge in [-0.3, -0.25) is 19.7 Å². The Hall–Kier alpha value is -3.19. The van der Waals surface area contributed by atoms with Crippen molar-refractivity contribution in [1.29, 1.82) is 0 Å². The third kappa shape index (κ3) is 6.90. The number of fused-ring (bicyclic) bond motifs is 1. The Morgan fingerprint density at radius 2 is 1.68 bits per heavy atom. The molecule has 2 atom stereocenters. The zero-order valence-electron chi connectivity index (χ0n) is 19.9. The predicted octanol–water partition coefficient (Wildman–Crippen LogP) is 3.00. The molecule has 7 nitrogen and oxygen atoms in total. The van der Waals surface area contributed by atoms with Crippen LogP contribution in [0.15, 0.2) is 54.6 Å². The number of rotatable bonds is 12. The van der Waals surface area contributed by atoms with E-state index in [-0.39, 0.29) is 18.5 Å². The standard InChI is InChI=1S/C27H34N2O5/c1-3-15-34-27(33)24(14-13-20-9-5-4-6-10-20)28-19(2)26(32)29(18-25(30)31)23-16-21-11-7-8-12-22(21)17-23/h4-12,19,23-24,28H,3,13-18H2,1-2H3,(H,30,31)/t19-,24?/m0/s1. The van der Waals surface area contributed by atoms with Gasteiger partial charge in [0.05, 0.1) is 12.6 Å². The van der Waals surface area contributed by atoms with Gasteiger partial charge in [-0.2, -0.15) is 0 Å². The first-order valence-corrected chi connectivity index (χ1v) is 11.9. The fourth-order valence-electron chi connectivity index (χ4n) is 4.44. The number of nitrogens with zero attached hydrogens (tertiary/aromatic N) is 1. The Morgan fingerprint density at radius 3 is 2.26 bits per heavy atom. The van der Waals surface area contributed by atoms with E-state index < -0.39 is 24.0 Å². The lowest BCUT2D eigenvalue weighted by atomic mass is 10.0. The minimum Gasteiger partial charge on any atom is -0.480 e. The smallest absolute Gasteiger partial charge is 0.323 e. The summed E-state index contributed by atoms with van der Waals surface area (Å²) in [5.74, 6) is -1.77. The zero-order chi connectivity index (χ0) is 24.5. The summed E-state index contributed by atoms with van der Waals surface area (Å²) < 4.78 is 5.37. The van der Waals surface area contributed by atoms with Gasteiger partial charge in [-0.1, -0.05) is 61.5 Å². The first kappa shape index (κ1) is 25.4. The van der Waals surface area contributed by atoms with Gasteiger partial charge < -0.3 is 14.7 Å². The summed E-state index contributed by atoms with van der Waals surface area (Å²) in [5, 5.41) is 12.6. The summed E-state index contributed by atoms with van der Waals surface area (Å²) in [6.07, 6.45) is 3.07. The maximum Gasteiger partial charge on any atom is 0.323 e. The van der Waals surface area contributed by atoms with Crippen LogP contribution in [-0.4, -0.2) is 59.1 Å². The molecule has 2 aromatic carbocycles. The normalized spacial score (nSPS) is 14.8. The first-order chi connectivity index (χ1) is 16.4. The quantitative estimate of drug-likeness (QED) is 0.467. The van der Waals surface area contributed by atoms with Gasteiger partial charge in [0, 0.05) is 6.04 Å². The summed E-state index contributed by atoms with van der Waals surface area (Å²) in [5.41, 5.74) is 3.37. The number of nitrogens with one attached hydrogen (secondary N) is 1. The fraction of sp³-hybridized carbons (Fsp3) is 0.444. The summed E-state index contributed by atoms with van der Waals surface area (Å²) in [4.78, 5) is 39.2. The van der Waals surface area contributed by atoms with Crippen molar-refractivity contribution >= 4 is 17.8 Å². The van der Waals surface area contributed by atoms with Crippen molar-refractivity contribution in [3.05, 3.63) is 71.3 Å². The van der Waals surface area contributed by atoms with Crippen molar-refractivity contribution in [2.75, 3.05) is 13.2 Å². The Morgan fingerprint density at radius 1 is 1.06 bits per heavy atom. The van der Waals surface area contributed by atoms with E-state index in [0.717, 1.165) is 16.7 Å². The van der Waals surface area contributed by atoms with Crippen molar-refractivity contribution < 1.29 is 24.2 Å². The van der Waals surface area contributed by atoms with E-state index in [9.17, 15) is 19.5 Å². The topological polar surface area (TPSA) is 95.9 Å². The molecule has 0 bridgehead atoms. The maximum absolute atomic E-state index is 13.4. The highest BCUT2D eigenvalue weighted by Gasteiger charge is 2.34. The number of aryl methyl sites for hydroxylation is 1. The van der Waals surface area contributed by atoms with Crippen LogP contribution in [0.3, 0.4) is 0 Å². The summed E-state index contributed by atoms with van der Waals surface area (Å²) >= 11 is 0. The lowest BCUT2D eigenvalue weighted by Gasteiger charge is -2.31. The second kappa shape index (κ2) is 12.3. The van der Waals surface area contributed by atoms with Crippen molar-refractivity contribution in [3.8, 4) is 0 Å². The number of carboxylic acids is 1. The van der Waals surface area contributed by atoms with Gasteiger partial charge in [-0.05, 0) is 55.7 Å². The molecule has 1 unspecified atom stereocenters. The molecule has 1 amide bonds. The summed E-state index contributed by atoms with van der Waals surface area (Å²) in [6.45, 7) is 3.55. The van der Waals surface area contributed by atoms with Crippen LogP contribution < -0.4 is 5.32 Å². The van der Waals surface area contributed by atoms with E-state index in [4.69, 9.17) is 4.74 Å². The third-order valence-electron chi connectivity index (χ3n) is 6.18. The van der Waals surface area contributed by atoms with Crippen LogP contribution in [0.4, 0.5) is 0 Å². The number of amides is 1. The molecule has 0 saturated carbocycles. The summed E-state index contributed by atoms with van der Waals surface area (Å²) in [7, 11) is 0. The molecule has 2 aromatic rings. The van der Waals surface area contributed by atoms with Crippen LogP contribution in [0.25, 0.3) is 0 Å². The van der Waals surface area contributed by atoms with Crippen molar-refractivity contribution in [2.45, 2.75) is 64.1 Å². The van der Waals surface area contributed by atoms with E-state index in [0.29, 0.717) is 38.7 Å². The van der Waals surface area contributed by atoms with Gasteiger partial charge >= 0.3 is 11.9 Å². The zero-order valence-corrected chi connectivity index (χ0v) is 19.9. The van der Waals surface area contributed by atoms with E-state index in [2.05, 4.69) is 5.32 Å². The minimum atomic E-state index is -1.06. The molecule has 0 radical (unpaired) electrons. The Labute approximate surface area is 201 Å². The molecule has 0 heterocycles. The number of hydrogen-bond acceptors (Lipinski definition) is 5. The predicted molar refractivity (Wildman–Crippen MR) is 129 cm³/mol. The van der Waals surface area contributed by atoms with Crippen molar-refractivity contribution in [1.82, 2.24) is 10.2 Å². The van der Waals surface area contributed by atoms with Gasteiger partial charge in [0.25, 0.3) is 0 Å². The summed E-state index contributed by atoms with van der Waals surface area (Å²) in [6, 6.07) is 16.1. The Kier molecular flexibility index (Phi) is 9.22. The first-order valence-electron chi connectivity index (χ1n) is 11.9. The highest BCUT2D eigenvalue weighted by Crippen LogP contribution is 2.26. The SMILES string of the molecule is CCCOC(=O)C(CCc1ccccc1)N[C@@H](C)C(=O)N(CC(=O)O)C1Cc2ccccc2C1. The average Bonchev–Trinajstić information content (AvgIpc) is 3.27. The molecule has 1 aliphatic rings. The van der Waals surface area contributed by atoms with E-state index in [1.54, 1.807) is 6.92 Å². The molecule has 7 heteroatoms. The van der Waals surface area contributed by atoms with Crippen LogP contribution in [0.5, 0.6) is 0 Å². The molecular formula is C27H34N2O5. The van der Waals surface area contributed by atoms with Gasteiger partial charge in [-0.25, -0.2) is 0 Å². The van der Waals surface area contributed by atoms with E-state index >= 15 is 0 Å². The second-order valence-corrected chi connectivity index (χ2v) is 8.82. The Bertz CT molecular complexity index is 953. The molecule has 182 valence electrons. The lowest BCUT2D eigenvalue weighted by Crippen LogP contribution is -2.54.